The van der Waals surface area contributed by atoms with Crippen LogP contribution in [0.25, 0.3) is 0 Å². The second-order valence-corrected chi connectivity index (χ2v) is 5.30. The van der Waals surface area contributed by atoms with Crippen LogP contribution in [0.15, 0.2) is 22.7 Å². The standard InChI is InChI=1S/C13H16BrNO4/c14-13-10(4-3-6-12(13)15(16)17)8-18-9-11-5-1-2-7-19-11/h3-4,6,11H,1-2,5,7-9H2. The molecule has 1 aliphatic rings. The maximum Gasteiger partial charge on any atom is 0.283 e. The Morgan fingerprint density at radius 2 is 2.32 bits per heavy atom. The predicted molar refractivity (Wildman–Crippen MR) is 74.0 cm³/mol. The van der Waals surface area contributed by atoms with Crippen molar-refractivity contribution in [3.63, 3.8) is 0 Å². The number of nitro groups is 1. The highest BCUT2D eigenvalue weighted by molar-refractivity contribution is 9.10. The van der Waals surface area contributed by atoms with E-state index in [1.54, 1.807) is 6.07 Å². The van der Waals surface area contributed by atoms with E-state index in [1.807, 2.05) is 6.07 Å². The van der Waals surface area contributed by atoms with Crippen LogP contribution in [0.3, 0.4) is 0 Å². The molecule has 0 spiro atoms. The van der Waals surface area contributed by atoms with Gasteiger partial charge in [0.15, 0.2) is 0 Å². The first-order valence-corrected chi connectivity index (χ1v) is 7.09. The van der Waals surface area contributed by atoms with Gasteiger partial charge in [0.05, 0.1) is 24.2 Å². The third kappa shape index (κ3) is 3.99. The molecule has 0 saturated carbocycles. The molecular weight excluding hydrogens is 314 g/mol. The van der Waals surface area contributed by atoms with E-state index in [9.17, 15) is 10.1 Å². The number of halogens is 1. The topological polar surface area (TPSA) is 61.6 Å². The first kappa shape index (κ1) is 14.4. The van der Waals surface area contributed by atoms with Crippen LogP contribution in [0.2, 0.25) is 0 Å². The van der Waals surface area contributed by atoms with Gasteiger partial charge in [-0.1, -0.05) is 12.1 Å². The fourth-order valence-electron chi connectivity index (χ4n) is 2.06. The zero-order chi connectivity index (χ0) is 13.7. The van der Waals surface area contributed by atoms with Crippen molar-refractivity contribution in [1.29, 1.82) is 0 Å². The Kier molecular flexibility index (Phi) is 5.30. The lowest BCUT2D eigenvalue weighted by Crippen LogP contribution is -2.24. The van der Waals surface area contributed by atoms with Crippen LogP contribution < -0.4 is 0 Å². The highest BCUT2D eigenvalue weighted by Gasteiger charge is 2.16. The third-order valence-corrected chi connectivity index (χ3v) is 4.01. The molecule has 5 nitrogen and oxygen atoms in total. The molecule has 0 aromatic heterocycles. The lowest BCUT2D eigenvalue weighted by molar-refractivity contribution is -0.385. The van der Waals surface area contributed by atoms with Gasteiger partial charge in [-0.2, -0.15) is 0 Å². The van der Waals surface area contributed by atoms with Crippen LogP contribution in [0, 0.1) is 10.1 Å². The second-order valence-electron chi connectivity index (χ2n) is 4.51. The smallest absolute Gasteiger partial charge is 0.283 e. The van der Waals surface area contributed by atoms with Gasteiger partial charge >= 0.3 is 0 Å². The summed E-state index contributed by atoms with van der Waals surface area (Å²) in [5.41, 5.74) is 0.847. The number of rotatable bonds is 5. The molecule has 1 fully saturated rings. The molecule has 0 N–H and O–H groups in total. The Bertz CT molecular complexity index is 446. The summed E-state index contributed by atoms with van der Waals surface area (Å²) in [7, 11) is 0. The Hall–Kier alpha value is -0.980. The van der Waals surface area contributed by atoms with Crippen LogP contribution in [0.5, 0.6) is 0 Å². The summed E-state index contributed by atoms with van der Waals surface area (Å²) in [4.78, 5) is 10.4. The predicted octanol–water partition coefficient (Wildman–Crippen LogP) is 3.44. The van der Waals surface area contributed by atoms with Gasteiger partial charge in [-0.15, -0.1) is 0 Å². The van der Waals surface area contributed by atoms with Gasteiger partial charge < -0.3 is 9.47 Å². The van der Waals surface area contributed by atoms with Crippen molar-refractivity contribution in [2.45, 2.75) is 32.0 Å². The molecule has 0 radical (unpaired) electrons. The minimum atomic E-state index is -0.405. The summed E-state index contributed by atoms with van der Waals surface area (Å²) in [6.07, 6.45) is 3.48. The molecule has 0 bridgehead atoms. The van der Waals surface area contributed by atoms with Crippen LogP contribution in [-0.2, 0) is 16.1 Å². The zero-order valence-corrected chi connectivity index (χ0v) is 12.1. The van der Waals surface area contributed by atoms with Crippen LogP contribution in [-0.4, -0.2) is 24.2 Å². The Morgan fingerprint density at radius 1 is 1.47 bits per heavy atom. The molecule has 1 unspecified atom stereocenters. The molecular formula is C13H16BrNO4. The quantitative estimate of drug-likeness (QED) is 0.613. The van der Waals surface area contributed by atoms with Gasteiger partial charge in [0.25, 0.3) is 5.69 Å². The number of ether oxygens (including phenoxy) is 2. The van der Waals surface area contributed by atoms with E-state index in [2.05, 4.69) is 15.9 Å². The first-order chi connectivity index (χ1) is 9.18. The second kappa shape index (κ2) is 6.98. The van der Waals surface area contributed by atoms with Crippen LogP contribution in [0.4, 0.5) is 5.69 Å². The summed E-state index contributed by atoms with van der Waals surface area (Å²) in [6, 6.07) is 4.95. The molecule has 1 saturated heterocycles. The van der Waals surface area contributed by atoms with Gasteiger partial charge in [-0.25, -0.2) is 0 Å². The maximum atomic E-state index is 10.8. The lowest BCUT2D eigenvalue weighted by Gasteiger charge is -2.22. The number of nitro benzene ring substituents is 1. The van der Waals surface area contributed by atoms with Gasteiger partial charge in [0, 0.05) is 12.7 Å². The van der Waals surface area contributed by atoms with E-state index < -0.39 is 4.92 Å². The molecule has 6 heteroatoms. The van der Waals surface area contributed by atoms with Crippen molar-refractivity contribution in [3.8, 4) is 0 Å². The van der Waals surface area contributed by atoms with E-state index >= 15 is 0 Å². The van der Waals surface area contributed by atoms with Crippen LogP contribution >= 0.6 is 15.9 Å². The van der Waals surface area contributed by atoms with E-state index in [4.69, 9.17) is 9.47 Å². The van der Waals surface area contributed by atoms with E-state index in [0.29, 0.717) is 17.7 Å². The minimum absolute atomic E-state index is 0.0648. The van der Waals surface area contributed by atoms with Crippen LogP contribution in [0.1, 0.15) is 24.8 Å². The average Bonchev–Trinajstić information content (AvgIpc) is 2.41. The zero-order valence-electron chi connectivity index (χ0n) is 10.5. The lowest BCUT2D eigenvalue weighted by atomic mass is 10.1. The van der Waals surface area contributed by atoms with Crippen molar-refractivity contribution in [2.75, 3.05) is 13.2 Å². The molecule has 1 atom stereocenters. The molecule has 1 heterocycles. The van der Waals surface area contributed by atoms with Gasteiger partial charge in [-0.05, 0) is 40.8 Å². The van der Waals surface area contributed by atoms with Crippen molar-refractivity contribution in [1.82, 2.24) is 0 Å². The molecule has 1 aliphatic heterocycles. The fraction of sp³-hybridized carbons (Fsp3) is 0.538. The average molecular weight is 330 g/mol. The van der Waals surface area contributed by atoms with Gasteiger partial charge in [0.2, 0.25) is 0 Å². The Balaban J connectivity index is 1.88. The van der Waals surface area contributed by atoms with E-state index in [0.717, 1.165) is 25.0 Å². The molecule has 0 amide bonds. The largest absolute Gasteiger partial charge is 0.376 e. The monoisotopic (exact) mass is 329 g/mol. The molecule has 1 aromatic carbocycles. The number of hydrogen-bond acceptors (Lipinski definition) is 4. The summed E-state index contributed by atoms with van der Waals surface area (Å²) in [5.74, 6) is 0. The Morgan fingerprint density at radius 3 is 3.00 bits per heavy atom. The molecule has 104 valence electrons. The van der Waals surface area contributed by atoms with Crippen molar-refractivity contribution >= 4 is 21.6 Å². The first-order valence-electron chi connectivity index (χ1n) is 6.29. The van der Waals surface area contributed by atoms with E-state index in [-0.39, 0.29) is 11.8 Å². The summed E-state index contributed by atoms with van der Waals surface area (Å²) < 4.78 is 11.7. The number of nitrogens with zero attached hydrogens (tertiary/aromatic N) is 1. The molecule has 19 heavy (non-hydrogen) atoms. The minimum Gasteiger partial charge on any atom is -0.376 e. The van der Waals surface area contributed by atoms with Crippen molar-refractivity contribution in [2.24, 2.45) is 0 Å². The summed E-state index contributed by atoms with van der Waals surface area (Å²) >= 11 is 3.26. The molecule has 2 rings (SSSR count). The van der Waals surface area contributed by atoms with Gasteiger partial charge in [0.1, 0.15) is 4.47 Å². The highest BCUT2D eigenvalue weighted by atomic mass is 79.9. The molecule has 0 aliphatic carbocycles. The fourth-order valence-corrected chi connectivity index (χ4v) is 2.58. The van der Waals surface area contributed by atoms with Crippen molar-refractivity contribution < 1.29 is 14.4 Å². The molecule has 1 aromatic rings. The maximum absolute atomic E-state index is 10.8. The normalized spacial score (nSPS) is 19.3. The van der Waals surface area contributed by atoms with E-state index in [1.165, 1.54) is 12.5 Å². The third-order valence-electron chi connectivity index (χ3n) is 3.09. The highest BCUT2D eigenvalue weighted by Crippen LogP contribution is 2.28. The van der Waals surface area contributed by atoms with Gasteiger partial charge in [-0.3, -0.25) is 10.1 Å². The SMILES string of the molecule is O=[N+]([O-])c1cccc(COCC2CCCCO2)c1Br. The van der Waals surface area contributed by atoms with Crippen molar-refractivity contribution in [3.05, 3.63) is 38.3 Å². The number of benzene rings is 1. The number of hydrogen-bond donors (Lipinski definition) is 0. The Labute approximate surface area is 120 Å². The summed E-state index contributed by atoms with van der Waals surface area (Å²) in [5, 5.41) is 10.8. The summed E-state index contributed by atoms with van der Waals surface area (Å²) in [6.45, 7) is 1.69.